The molecule has 9 heteroatoms. The summed E-state index contributed by atoms with van der Waals surface area (Å²) >= 11 is 0. The number of furan rings is 1. The molecule has 4 aromatic rings. The second kappa shape index (κ2) is 9.61. The topological polar surface area (TPSA) is 117 Å². The molecular weight excluding hydrogens is 414 g/mol. The molecule has 0 saturated heterocycles. The Morgan fingerprint density at radius 1 is 1.06 bits per heavy atom. The highest BCUT2D eigenvalue weighted by atomic mass is 16.6. The number of rotatable bonds is 8. The Balaban J connectivity index is 1.45. The first-order valence-corrected chi connectivity index (χ1v) is 9.67. The summed E-state index contributed by atoms with van der Waals surface area (Å²) < 4.78 is 20.8. The summed E-state index contributed by atoms with van der Waals surface area (Å²) in [6.07, 6.45) is 1.38. The molecule has 32 heavy (non-hydrogen) atoms. The van der Waals surface area contributed by atoms with Gasteiger partial charge >= 0.3 is 5.97 Å². The average molecular weight is 433 g/mol. The SMILES string of the molecule is COc1cccc(-c2noc(COC(=O)C(NC(=O)c3ccco3)c3ccccc3)n2)c1. The number of benzene rings is 2. The molecule has 9 nitrogen and oxygen atoms in total. The van der Waals surface area contributed by atoms with Crippen molar-refractivity contribution in [1.29, 1.82) is 0 Å². The van der Waals surface area contributed by atoms with Crippen LogP contribution in [0.1, 0.15) is 28.1 Å². The van der Waals surface area contributed by atoms with Crippen molar-refractivity contribution in [3.8, 4) is 17.1 Å². The van der Waals surface area contributed by atoms with Crippen LogP contribution in [0.25, 0.3) is 11.4 Å². The van der Waals surface area contributed by atoms with Gasteiger partial charge in [0.2, 0.25) is 5.82 Å². The Morgan fingerprint density at radius 3 is 2.66 bits per heavy atom. The lowest BCUT2D eigenvalue weighted by Crippen LogP contribution is -2.34. The zero-order valence-corrected chi connectivity index (χ0v) is 17.1. The molecule has 1 amide bonds. The maximum Gasteiger partial charge on any atom is 0.333 e. The van der Waals surface area contributed by atoms with E-state index in [4.69, 9.17) is 18.4 Å². The van der Waals surface area contributed by atoms with Crippen LogP contribution in [-0.4, -0.2) is 29.1 Å². The normalized spacial score (nSPS) is 11.5. The molecule has 4 rings (SSSR count). The number of aromatic nitrogens is 2. The molecule has 0 aliphatic heterocycles. The van der Waals surface area contributed by atoms with Gasteiger partial charge in [-0.25, -0.2) is 4.79 Å². The van der Waals surface area contributed by atoms with Crippen molar-refractivity contribution < 1.29 is 28.0 Å². The third kappa shape index (κ3) is 4.84. The molecule has 2 aromatic heterocycles. The summed E-state index contributed by atoms with van der Waals surface area (Å²) in [5.41, 5.74) is 1.25. The summed E-state index contributed by atoms with van der Waals surface area (Å²) in [6.45, 7) is -0.254. The molecule has 1 atom stereocenters. The number of amides is 1. The van der Waals surface area contributed by atoms with Crippen LogP contribution in [0, 0.1) is 0 Å². The maximum absolute atomic E-state index is 12.8. The fourth-order valence-corrected chi connectivity index (χ4v) is 2.94. The van der Waals surface area contributed by atoms with Gasteiger partial charge in [0, 0.05) is 5.56 Å². The first-order valence-electron chi connectivity index (χ1n) is 9.67. The largest absolute Gasteiger partial charge is 0.497 e. The van der Waals surface area contributed by atoms with Crippen LogP contribution in [-0.2, 0) is 16.1 Å². The molecular formula is C23H19N3O6. The van der Waals surface area contributed by atoms with E-state index in [1.165, 1.54) is 12.3 Å². The summed E-state index contributed by atoms with van der Waals surface area (Å²) in [4.78, 5) is 29.5. The van der Waals surface area contributed by atoms with Gasteiger partial charge in [-0.3, -0.25) is 4.79 Å². The van der Waals surface area contributed by atoms with Gasteiger partial charge in [-0.2, -0.15) is 4.98 Å². The predicted octanol–water partition coefficient (Wildman–Crippen LogP) is 3.55. The van der Waals surface area contributed by atoms with E-state index < -0.39 is 17.9 Å². The number of esters is 1. The lowest BCUT2D eigenvalue weighted by atomic mass is 10.1. The summed E-state index contributed by atoms with van der Waals surface area (Å²) in [5, 5.41) is 6.54. The number of hydrogen-bond donors (Lipinski definition) is 1. The monoisotopic (exact) mass is 433 g/mol. The average Bonchev–Trinajstić information content (AvgIpc) is 3.54. The quantitative estimate of drug-likeness (QED) is 0.419. The van der Waals surface area contributed by atoms with Gasteiger partial charge in [0.25, 0.3) is 11.8 Å². The number of nitrogens with zero attached hydrogens (tertiary/aromatic N) is 2. The minimum absolute atomic E-state index is 0.0820. The first kappa shape index (κ1) is 20.9. The number of methoxy groups -OCH3 is 1. The number of hydrogen-bond acceptors (Lipinski definition) is 8. The lowest BCUT2D eigenvalue weighted by Gasteiger charge is -2.17. The van der Waals surface area contributed by atoms with Crippen molar-refractivity contribution in [2.45, 2.75) is 12.6 Å². The molecule has 0 fully saturated rings. The highest BCUT2D eigenvalue weighted by molar-refractivity contribution is 5.94. The van der Waals surface area contributed by atoms with E-state index in [-0.39, 0.29) is 18.3 Å². The second-order valence-electron chi connectivity index (χ2n) is 6.65. The third-order valence-corrected chi connectivity index (χ3v) is 4.52. The van der Waals surface area contributed by atoms with E-state index in [1.807, 2.05) is 0 Å². The van der Waals surface area contributed by atoms with E-state index in [2.05, 4.69) is 15.5 Å². The van der Waals surface area contributed by atoms with Gasteiger partial charge in [0.1, 0.15) is 5.75 Å². The Bertz CT molecular complexity index is 1190. The van der Waals surface area contributed by atoms with Crippen molar-refractivity contribution in [2.24, 2.45) is 0 Å². The van der Waals surface area contributed by atoms with E-state index in [0.29, 0.717) is 22.7 Å². The predicted molar refractivity (Wildman–Crippen MR) is 111 cm³/mol. The van der Waals surface area contributed by atoms with Gasteiger partial charge in [-0.1, -0.05) is 47.6 Å². The fraction of sp³-hybridized carbons (Fsp3) is 0.130. The number of carbonyl (C=O) groups is 2. The molecule has 162 valence electrons. The zero-order valence-electron chi connectivity index (χ0n) is 17.1. The van der Waals surface area contributed by atoms with Crippen molar-refractivity contribution >= 4 is 11.9 Å². The maximum atomic E-state index is 12.8. The molecule has 2 heterocycles. The lowest BCUT2D eigenvalue weighted by molar-refractivity contribution is -0.148. The Labute approximate surface area is 183 Å². The van der Waals surface area contributed by atoms with E-state index in [9.17, 15) is 9.59 Å². The van der Waals surface area contributed by atoms with Gasteiger partial charge in [0.15, 0.2) is 18.4 Å². The van der Waals surface area contributed by atoms with Crippen molar-refractivity contribution in [3.05, 3.63) is 90.2 Å². The third-order valence-electron chi connectivity index (χ3n) is 4.52. The molecule has 0 aliphatic rings. The summed E-state index contributed by atoms with van der Waals surface area (Å²) in [6, 6.07) is 17.9. The van der Waals surface area contributed by atoms with E-state index in [0.717, 1.165) is 0 Å². The van der Waals surface area contributed by atoms with E-state index in [1.54, 1.807) is 67.8 Å². The molecule has 0 radical (unpaired) electrons. The summed E-state index contributed by atoms with van der Waals surface area (Å²) in [5.74, 6) is -0.0472. The molecule has 0 saturated carbocycles. The minimum atomic E-state index is -1.05. The van der Waals surface area contributed by atoms with Gasteiger partial charge in [0.05, 0.1) is 13.4 Å². The second-order valence-corrected chi connectivity index (χ2v) is 6.65. The Hall–Kier alpha value is -4.40. The van der Waals surface area contributed by atoms with Gasteiger partial charge < -0.3 is 23.7 Å². The number of carbonyl (C=O) groups excluding carboxylic acids is 2. The van der Waals surface area contributed by atoms with Crippen LogP contribution in [0.4, 0.5) is 0 Å². The van der Waals surface area contributed by atoms with Crippen molar-refractivity contribution in [2.75, 3.05) is 7.11 Å². The fourth-order valence-electron chi connectivity index (χ4n) is 2.94. The molecule has 0 bridgehead atoms. The first-order chi connectivity index (χ1) is 15.6. The van der Waals surface area contributed by atoms with Crippen LogP contribution < -0.4 is 10.1 Å². The molecule has 0 aliphatic carbocycles. The highest BCUT2D eigenvalue weighted by Crippen LogP contribution is 2.22. The molecule has 0 spiro atoms. The van der Waals surface area contributed by atoms with Crippen molar-refractivity contribution in [1.82, 2.24) is 15.5 Å². The van der Waals surface area contributed by atoms with E-state index >= 15 is 0 Å². The van der Waals surface area contributed by atoms with Crippen LogP contribution in [0.15, 0.2) is 81.9 Å². The smallest absolute Gasteiger partial charge is 0.333 e. The number of ether oxygens (including phenoxy) is 2. The van der Waals surface area contributed by atoms with Crippen LogP contribution in [0.2, 0.25) is 0 Å². The van der Waals surface area contributed by atoms with Gasteiger partial charge in [-0.05, 0) is 29.8 Å². The van der Waals surface area contributed by atoms with Crippen LogP contribution >= 0.6 is 0 Å². The van der Waals surface area contributed by atoms with Crippen LogP contribution in [0.3, 0.4) is 0 Å². The minimum Gasteiger partial charge on any atom is -0.497 e. The Kier molecular flexibility index (Phi) is 6.26. The molecule has 2 aromatic carbocycles. The number of nitrogens with one attached hydrogen (secondary N) is 1. The van der Waals surface area contributed by atoms with Crippen molar-refractivity contribution in [3.63, 3.8) is 0 Å². The highest BCUT2D eigenvalue weighted by Gasteiger charge is 2.26. The van der Waals surface area contributed by atoms with Crippen LogP contribution in [0.5, 0.6) is 5.75 Å². The molecule has 1 unspecified atom stereocenters. The molecule has 1 N–H and O–H groups in total. The van der Waals surface area contributed by atoms with Gasteiger partial charge in [-0.15, -0.1) is 0 Å². The Morgan fingerprint density at radius 2 is 1.91 bits per heavy atom. The standard InChI is InChI=1S/C23H19N3O6/c1-29-17-10-5-9-16(13-17)21-24-19(32-26-21)14-31-23(28)20(15-7-3-2-4-8-15)25-22(27)18-11-6-12-30-18/h2-13,20H,14H2,1H3,(H,25,27). The summed E-state index contributed by atoms with van der Waals surface area (Å²) in [7, 11) is 1.56. The zero-order chi connectivity index (χ0) is 22.3.